The SMILES string of the molecule is CCC(C(=O)O)N1C(=O)NC2(CCN(CCO)CC2)C1=O. The van der Waals surface area contributed by atoms with Crippen LogP contribution in [-0.2, 0) is 9.59 Å². The number of carboxylic acid groups (broad SMARTS) is 1. The second kappa shape index (κ2) is 5.98. The van der Waals surface area contributed by atoms with Crippen molar-refractivity contribution in [1.82, 2.24) is 15.1 Å². The van der Waals surface area contributed by atoms with Gasteiger partial charge >= 0.3 is 12.0 Å². The third-order valence-corrected chi connectivity index (χ3v) is 4.30. The van der Waals surface area contributed by atoms with Crippen LogP contribution in [0.3, 0.4) is 0 Å². The number of piperidine rings is 1. The summed E-state index contributed by atoms with van der Waals surface area (Å²) in [5, 5.41) is 20.8. The van der Waals surface area contributed by atoms with Gasteiger partial charge in [0.15, 0.2) is 0 Å². The van der Waals surface area contributed by atoms with Gasteiger partial charge in [0.05, 0.1) is 6.61 Å². The van der Waals surface area contributed by atoms with Crippen molar-refractivity contribution >= 4 is 17.9 Å². The number of aliphatic hydroxyl groups excluding tert-OH is 1. The molecule has 2 rings (SSSR count). The maximum atomic E-state index is 12.6. The van der Waals surface area contributed by atoms with Crippen LogP contribution in [0, 0.1) is 0 Å². The molecule has 3 N–H and O–H groups in total. The van der Waals surface area contributed by atoms with Gasteiger partial charge in [-0.2, -0.15) is 0 Å². The van der Waals surface area contributed by atoms with Gasteiger partial charge in [-0.1, -0.05) is 6.92 Å². The number of carbonyl (C=O) groups is 3. The maximum Gasteiger partial charge on any atom is 0.326 e. The molecule has 21 heavy (non-hydrogen) atoms. The van der Waals surface area contributed by atoms with Crippen molar-refractivity contribution in [3.63, 3.8) is 0 Å². The van der Waals surface area contributed by atoms with E-state index in [4.69, 9.17) is 10.2 Å². The molecule has 2 saturated heterocycles. The fourth-order valence-electron chi connectivity index (χ4n) is 3.03. The lowest BCUT2D eigenvalue weighted by atomic mass is 9.87. The maximum absolute atomic E-state index is 12.6. The Bertz CT molecular complexity index is 445. The van der Waals surface area contributed by atoms with E-state index in [0.29, 0.717) is 32.5 Å². The Morgan fingerprint density at radius 3 is 2.48 bits per heavy atom. The van der Waals surface area contributed by atoms with Crippen LogP contribution in [0.25, 0.3) is 0 Å². The average molecular weight is 299 g/mol. The third kappa shape index (κ3) is 2.73. The molecule has 0 aromatic carbocycles. The number of nitrogens with one attached hydrogen (secondary N) is 1. The molecule has 0 saturated carbocycles. The van der Waals surface area contributed by atoms with Crippen molar-refractivity contribution in [3.8, 4) is 0 Å². The van der Waals surface area contributed by atoms with Crippen LogP contribution in [-0.4, -0.2) is 75.7 Å². The first-order valence-corrected chi connectivity index (χ1v) is 7.17. The van der Waals surface area contributed by atoms with Gasteiger partial charge in [0.1, 0.15) is 11.6 Å². The lowest BCUT2D eigenvalue weighted by Crippen LogP contribution is -2.55. The van der Waals surface area contributed by atoms with E-state index in [1.165, 1.54) is 0 Å². The van der Waals surface area contributed by atoms with Gasteiger partial charge < -0.3 is 20.4 Å². The smallest absolute Gasteiger partial charge is 0.326 e. The molecule has 8 nitrogen and oxygen atoms in total. The molecule has 2 fully saturated rings. The molecule has 8 heteroatoms. The summed E-state index contributed by atoms with van der Waals surface area (Å²) in [6, 6.07) is -1.74. The fraction of sp³-hybridized carbons (Fsp3) is 0.769. The van der Waals surface area contributed by atoms with Crippen molar-refractivity contribution in [1.29, 1.82) is 0 Å². The van der Waals surface area contributed by atoms with E-state index in [9.17, 15) is 14.4 Å². The predicted octanol–water partition coefficient (Wildman–Crippen LogP) is -0.772. The standard InChI is InChI=1S/C13H21N3O5/c1-2-9(10(18)19)16-11(20)13(14-12(16)21)3-5-15(6-4-13)7-8-17/h9,17H,2-8H2,1H3,(H,14,21)(H,18,19). The van der Waals surface area contributed by atoms with Gasteiger partial charge in [-0.25, -0.2) is 14.5 Å². The molecule has 0 radical (unpaired) electrons. The highest BCUT2D eigenvalue weighted by Crippen LogP contribution is 2.31. The Kier molecular flexibility index (Phi) is 4.48. The molecule has 2 aliphatic rings. The molecule has 3 amide bonds. The van der Waals surface area contributed by atoms with Crippen molar-refractivity contribution in [2.45, 2.75) is 37.8 Å². The number of likely N-dealkylation sites (tertiary alicyclic amines) is 1. The summed E-state index contributed by atoms with van der Waals surface area (Å²) in [5.74, 6) is -1.61. The molecular weight excluding hydrogens is 278 g/mol. The summed E-state index contributed by atoms with van der Waals surface area (Å²) in [6.07, 6.45) is 1.05. The number of imide groups is 1. The van der Waals surface area contributed by atoms with Gasteiger partial charge in [-0.05, 0) is 19.3 Å². The number of aliphatic hydroxyl groups is 1. The summed E-state index contributed by atoms with van der Waals surface area (Å²) >= 11 is 0. The van der Waals surface area contributed by atoms with Gasteiger partial charge in [-0.15, -0.1) is 0 Å². The average Bonchev–Trinajstić information content (AvgIpc) is 2.67. The predicted molar refractivity (Wildman–Crippen MR) is 72.6 cm³/mol. The minimum Gasteiger partial charge on any atom is -0.480 e. The van der Waals surface area contributed by atoms with E-state index in [1.54, 1.807) is 6.92 Å². The van der Waals surface area contributed by atoms with E-state index in [2.05, 4.69) is 5.32 Å². The number of nitrogens with zero attached hydrogens (tertiary/aromatic N) is 2. The van der Waals surface area contributed by atoms with Gasteiger partial charge in [0.25, 0.3) is 5.91 Å². The molecule has 2 heterocycles. The molecule has 1 unspecified atom stereocenters. The number of carboxylic acids is 1. The van der Waals surface area contributed by atoms with Crippen molar-refractivity contribution < 1.29 is 24.6 Å². The van der Waals surface area contributed by atoms with Gasteiger partial charge in [-0.3, -0.25) is 4.79 Å². The molecule has 0 aromatic rings. The van der Waals surface area contributed by atoms with Crippen LogP contribution in [0.4, 0.5) is 4.79 Å². The first kappa shape index (κ1) is 15.7. The summed E-state index contributed by atoms with van der Waals surface area (Å²) in [5.41, 5.74) is -0.980. The van der Waals surface area contributed by atoms with Crippen molar-refractivity contribution in [2.24, 2.45) is 0 Å². The van der Waals surface area contributed by atoms with Crippen molar-refractivity contribution in [3.05, 3.63) is 0 Å². The lowest BCUT2D eigenvalue weighted by Gasteiger charge is -2.37. The normalized spacial score (nSPS) is 23.4. The number of hydrogen-bond donors (Lipinski definition) is 3. The molecule has 2 aliphatic heterocycles. The molecule has 118 valence electrons. The molecule has 1 atom stereocenters. The molecule has 0 aliphatic carbocycles. The molecule has 0 bridgehead atoms. The van der Waals surface area contributed by atoms with E-state index in [1.807, 2.05) is 4.90 Å². The van der Waals surface area contributed by atoms with Gasteiger partial charge in [0.2, 0.25) is 0 Å². The second-order valence-corrected chi connectivity index (χ2v) is 5.51. The van der Waals surface area contributed by atoms with Crippen LogP contribution in [0.15, 0.2) is 0 Å². The second-order valence-electron chi connectivity index (χ2n) is 5.51. The Hall–Kier alpha value is -1.67. The number of hydrogen-bond acceptors (Lipinski definition) is 5. The zero-order chi connectivity index (χ0) is 15.6. The van der Waals surface area contributed by atoms with E-state index >= 15 is 0 Å². The van der Waals surface area contributed by atoms with Crippen molar-refractivity contribution in [2.75, 3.05) is 26.2 Å². The quantitative estimate of drug-likeness (QED) is 0.575. The Morgan fingerprint density at radius 1 is 1.38 bits per heavy atom. The summed E-state index contributed by atoms with van der Waals surface area (Å²) < 4.78 is 0. The zero-order valence-electron chi connectivity index (χ0n) is 12.0. The van der Waals surface area contributed by atoms with Crippen LogP contribution in [0.5, 0.6) is 0 Å². The number of rotatable bonds is 5. The third-order valence-electron chi connectivity index (χ3n) is 4.30. The monoisotopic (exact) mass is 299 g/mol. The minimum absolute atomic E-state index is 0.0519. The van der Waals surface area contributed by atoms with Crippen LogP contribution in [0.1, 0.15) is 26.2 Å². The van der Waals surface area contributed by atoms with E-state index in [-0.39, 0.29) is 13.0 Å². The molecular formula is C13H21N3O5. The Morgan fingerprint density at radius 2 is 2.00 bits per heavy atom. The van der Waals surface area contributed by atoms with Crippen LogP contribution < -0.4 is 5.32 Å². The Balaban J connectivity index is 2.13. The molecule has 1 spiro atoms. The largest absolute Gasteiger partial charge is 0.480 e. The zero-order valence-corrected chi connectivity index (χ0v) is 12.0. The molecule has 0 aromatic heterocycles. The first-order valence-electron chi connectivity index (χ1n) is 7.17. The number of carbonyl (C=O) groups excluding carboxylic acids is 2. The van der Waals surface area contributed by atoms with E-state index in [0.717, 1.165) is 4.90 Å². The number of amides is 3. The summed E-state index contributed by atoms with van der Waals surface area (Å²) in [4.78, 5) is 38.7. The fourth-order valence-corrected chi connectivity index (χ4v) is 3.03. The van der Waals surface area contributed by atoms with Crippen LogP contribution >= 0.6 is 0 Å². The Labute approximate surface area is 122 Å². The highest BCUT2D eigenvalue weighted by atomic mass is 16.4. The highest BCUT2D eigenvalue weighted by molar-refractivity contribution is 6.09. The lowest BCUT2D eigenvalue weighted by molar-refractivity contribution is -0.148. The van der Waals surface area contributed by atoms with Crippen LogP contribution in [0.2, 0.25) is 0 Å². The topological polar surface area (TPSA) is 110 Å². The highest BCUT2D eigenvalue weighted by Gasteiger charge is 2.54. The minimum atomic E-state index is -1.17. The summed E-state index contributed by atoms with van der Waals surface area (Å²) in [7, 11) is 0. The van der Waals surface area contributed by atoms with E-state index < -0.39 is 29.5 Å². The number of aliphatic carboxylic acids is 1. The number of urea groups is 1. The number of β-amino-alcohol motifs (C(OH)–C–C–N with tert-alkyl or cyclic N) is 1. The first-order chi connectivity index (χ1) is 9.95. The van der Waals surface area contributed by atoms with Gasteiger partial charge in [0, 0.05) is 19.6 Å². The summed E-state index contributed by atoms with van der Waals surface area (Å²) in [6.45, 7) is 3.40.